The number of nitrogens with two attached hydrogens (primary N) is 1. The average Bonchev–Trinajstić information content (AvgIpc) is 3.20. The third-order valence-corrected chi connectivity index (χ3v) is 4.94. The quantitative estimate of drug-likeness (QED) is 0.637. The molecule has 0 saturated carbocycles. The second kappa shape index (κ2) is 6.61. The van der Waals surface area contributed by atoms with Crippen molar-refractivity contribution in [3.63, 3.8) is 0 Å². The van der Waals surface area contributed by atoms with E-state index in [1.807, 2.05) is 6.92 Å². The van der Waals surface area contributed by atoms with Crippen LogP contribution in [0.2, 0.25) is 0 Å². The summed E-state index contributed by atoms with van der Waals surface area (Å²) in [5.74, 6) is -2.04. The van der Waals surface area contributed by atoms with E-state index in [-0.39, 0.29) is 5.56 Å². The smallest absolute Gasteiger partial charge is 0.164 e. The molecule has 4 rings (SSSR count). The molecular formula is C18H18F2N4O3. The van der Waals surface area contributed by atoms with Crippen molar-refractivity contribution < 1.29 is 23.7 Å². The lowest BCUT2D eigenvalue weighted by Crippen LogP contribution is -2.38. The second-order valence-electron chi connectivity index (χ2n) is 6.59. The fourth-order valence-corrected chi connectivity index (χ4v) is 3.42. The van der Waals surface area contributed by atoms with Gasteiger partial charge in [-0.05, 0) is 30.7 Å². The molecule has 1 aliphatic rings. The molecule has 0 aliphatic carbocycles. The summed E-state index contributed by atoms with van der Waals surface area (Å²) in [4.78, 5) is 8.33. The lowest BCUT2D eigenvalue weighted by molar-refractivity contribution is -0.0422. The molecule has 0 unspecified atom stereocenters. The zero-order valence-electron chi connectivity index (χ0n) is 14.3. The van der Waals surface area contributed by atoms with Crippen LogP contribution in [0.1, 0.15) is 23.5 Å². The predicted molar refractivity (Wildman–Crippen MR) is 91.5 cm³/mol. The summed E-state index contributed by atoms with van der Waals surface area (Å²) in [6.45, 7) is 1.83. The fourth-order valence-electron chi connectivity index (χ4n) is 3.42. The Hall–Kier alpha value is -2.46. The van der Waals surface area contributed by atoms with E-state index in [9.17, 15) is 19.0 Å². The first-order valence-electron chi connectivity index (χ1n) is 8.38. The number of nitrogens with zero attached hydrogens (tertiary/aromatic N) is 3. The molecule has 142 valence electrons. The van der Waals surface area contributed by atoms with Gasteiger partial charge < -0.3 is 25.3 Å². The molecule has 0 radical (unpaired) electrons. The highest BCUT2D eigenvalue weighted by Gasteiger charge is 2.47. The van der Waals surface area contributed by atoms with Crippen molar-refractivity contribution in [2.45, 2.75) is 37.5 Å². The Morgan fingerprint density at radius 3 is 2.67 bits per heavy atom. The molecular weight excluding hydrogens is 358 g/mol. The monoisotopic (exact) mass is 376 g/mol. The van der Waals surface area contributed by atoms with E-state index in [0.717, 1.165) is 23.2 Å². The summed E-state index contributed by atoms with van der Waals surface area (Å²) < 4.78 is 34.1. The molecule has 1 saturated heterocycles. The average molecular weight is 376 g/mol. The fraction of sp³-hybridized carbons (Fsp3) is 0.333. The number of benzene rings is 1. The number of aliphatic hydroxyl groups excluding tert-OH is 2. The first-order chi connectivity index (χ1) is 12.9. The van der Waals surface area contributed by atoms with Gasteiger partial charge >= 0.3 is 0 Å². The molecule has 0 spiro atoms. The summed E-state index contributed by atoms with van der Waals surface area (Å²) in [6, 6.07) is 4.06. The lowest BCUT2D eigenvalue weighted by Gasteiger charge is -2.22. The molecule has 27 heavy (non-hydrogen) atoms. The molecule has 1 aromatic carbocycles. The molecule has 0 amide bonds. The van der Waals surface area contributed by atoms with Crippen molar-refractivity contribution in [2.75, 3.05) is 0 Å². The highest BCUT2D eigenvalue weighted by Crippen LogP contribution is 2.36. The Morgan fingerprint density at radius 1 is 1.15 bits per heavy atom. The zero-order valence-corrected chi connectivity index (χ0v) is 14.3. The third-order valence-electron chi connectivity index (χ3n) is 4.94. The van der Waals surface area contributed by atoms with Gasteiger partial charge in [0.15, 0.2) is 17.9 Å². The van der Waals surface area contributed by atoms with Crippen LogP contribution in [-0.2, 0) is 4.74 Å². The highest BCUT2D eigenvalue weighted by molar-refractivity contribution is 5.78. The molecule has 0 bridgehead atoms. The molecule has 4 N–H and O–H groups in total. The Balaban J connectivity index is 1.66. The molecule has 1 fully saturated rings. The molecule has 3 heterocycles. The first kappa shape index (κ1) is 17.9. The maximum atomic E-state index is 13.5. The standard InChI is InChI=1S/C18H18F2N4O3/c1-8-10-4-5-24(17(10)23-7-22-8)18-15(26)14(25)16(27-18)13(21)9-2-3-11(19)12(20)6-9/h2-7,13-16,18,25-26H,21H2,1H3/t13-,14-,15+,16+,18+/m0/s1. The van der Waals surface area contributed by atoms with Crippen LogP contribution in [0.25, 0.3) is 11.0 Å². The number of rotatable bonds is 3. The van der Waals surface area contributed by atoms with E-state index in [0.29, 0.717) is 5.65 Å². The lowest BCUT2D eigenvalue weighted by atomic mass is 9.97. The number of halogens is 2. The number of hydrogen-bond acceptors (Lipinski definition) is 6. The van der Waals surface area contributed by atoms with Crippen molar-refractivity contribution in [1.82, 2.24) is 14.5 Å². The SMILES string of the molecule is Cc1ncnc2c1ccn2[C@@H]1O[C@H]([C@@H](N)c2ccc(F)c(F)c2)[C@@H](O)[C@H]1O. The van der Waals surface area contributed by atoms with Crippen molar-refractivity contribution in [1.29, 1.82) is 0 Å². The largest absolute Gasteiger partial charge is 0.387 e. The number of aliphatic hydroxyl groups is 2. The highest BCUT2D eigenvalue weighted by atomic mass is 19.2. The minimum Gasteiger partial charge on any atom is -0.387 e. The summed E-state index contributed by atoms with van der Waals surface area (Å²) in [6.07, 6.45) is -1.48. The van der Waals surface area contributed by atoms with Gasteiger partial charge in [-0.15, -0.1) is 0 Å². The third kappa shape index (κ3) is 2.88. The van der Waals surface area contributed by atoms with E-state index in [4.69, 9.17) is 10.5 Å². The van der Waals surface area contributed by atoms with Crippen LogP contribution < -0.4 is 5.73 Å². The normalized spacial score (nSPS) is 26.6. The van der Waals surface area contributed by atoms with Crippen LogP contribution in [0.4, 0.5) is 8.78 Å². The van der Waals surface area contributed by atoms with Crippen molar-refractivity contribution in [3.05, 3.63) is 59.7 Å². The van der Waals surface area contributed by atoms with E-state index in [1.165, 1.54) is 12.4 Å². The van der Waals surface area contributed by atoms with Gasteiger partial charge in [0.2, 0.25) is 0 Å². The second-order valence-corrected chi connectivity index (χ2v) is 6.59. The molecule has 5 atom stereocenters. The van der Waals surface area contributed by atoms with Crippen LogP contribution >= 0.6 is 0 Å². The number of fused-ring (bicyclic) bond motifs is 1. The van der Waals surface area contributed by atoms with Crippen LogP contribution in [0.15, 0.2) is 36.8 Å². The maximum absolute atomic E-state index is 13.5. The maximum Gasteiger partial charge on any atom is 0.164 e. The first-order valence-corrected chi connectivity index (χ1v) is 8.38. The van der Waals surface area contributed by atoms with E-state index in [2.05, 4.69) is 9.97 Å². The minimum atomic E-state index is -1.32. The van der Waals surface area contributed by atoms with E-state index in [1.54, 1.807) is 16.8 Å². The summed E-state index contributed by atoms with van der Waals surface area (Å²) in [5.41, 5.74) is 7.66. The van der Waals surface area contributed by atoms with Gasteiger partial charge in [0.25, 0.3) is 0 Å². The molecule has 1 aliphatic heterocycles. The topological polar surface area (TPSA) is 106 Å². The Labute approximate surface area is 153 Å². The Kier molecular flexibility index (Phi) is 4.39. The van der Waals surface area contributed by atoms with Gasteiger partial charge in [-0.1, -0.05) is 6.07 Å². The van der Waals surface area contributed by atoms with Crippen LogP contribution in [0.3, 0.4) is 0 Å². The predicted octanol–water partition coefficient (Wildman–Crippen LogP) is 1.34. The summed E-state index contributed by atoms with van der Waals surface area (Å²) in [7, 11) is 0. The van der Waals surface area contributed by atoms with Gasteiger partial charge in [0.05, 0.1) is 11.7 Å². The Morgan fingerprint density at radius 2 is 1.93 bits per heavy atom. The van der Waals surface area contributed by atoms with Crippen molar-refractivity contribution in [3.8, 4) is 0 Å². The zero-order chi connectivity index (χ0) is 19.3. The van der Waals surface area contributed by atoms with Crippen molar-refractivity contribution in [2.24, 2.45) is 5.73 Å². The van der Waals surface area contributed by atoms with E-state index >= 15 is 0 Å². The van der Waals surface area contributed by atoms with Crippen LogP contribution in [0, 0.1) is 18.6 Å². The van der Waals surface area contributed by atoms with Gasteiger partial charge in [0, 0.05) is 11.6 Å². The molecule has 3 aromatic rings. The van der Waals surface area contributed by atoms with Gasteiger partial charge in [0.1, 0.15) is 30.3 Å². The van der Waals surface area contributed by atoms with Gasteiger partial charge in [-0.25, -0.2) is 18.7 Å². The summed E-state index contributed by atoms with van der Waals surface area (Å²) >= 11 is 0. The number of aryl methyl sites for hydroxylation is 1. The number of ether oxygens (including phenoxy) is 1. The number of aromatic nitrogens is 3. The summed E-state index contributed by atoms with van der Waals surface area (Å²) in [5, 5.41) is 21.7. The minimum absolute atomic E-state index is 0.251. The molecule has 2 aromatic heterocycles. The Bertz CT molecular complexity index is 996. The van der Waals surface area contributed by atoms with Gasteiger partial charge in [-0.3, -0.25) is 0 Å². The molecule has 9 heteroatoms. The van der Waals surface area contributed by atoms with Gasteiger partial charge in [-0.2, -0.15) is 0 Å². The number of hydrogen-bond donors (Lipinski definition) is 3. The van der Waals surface area contributed by atoms with Crippen molar-refractivity contribution >= 4 is 11.0 Å². The van der Waals surface area contributed by atoms with Crippen LogP contribution in [0.5, 0.6) is 0 Å². The van der Waals surface area contributed by atoms with E-state index < -0.39 is 42.2 Å². The van der Waals surface area contributed by atoms with Crippen LogP contribution in [-0.4, -0.2) is 43.1 Å². The molecule has 7 nitrogen and oxygen atoms in total.